The molecule has 202 valence electrons. The van der Waals surface area contributed by atoms with Gasteiger partial charge in [-0.2, -0.15) is 0 Å². The number of benzene rings is 2. The molecule has 2 atom stereocenters. The maximum atomic E-state index is 6.66. The molecule has 2 aromatic heterocycles. The van der Waals surface area contributed by atoms with E-state index in [1.807, 2.05) is 54.7 Å². The van der Waals surface area contributed by atoms with Crippen molar-refractivity contribution >= 4 is 34.6 Å². The third-order valence-corrected chi connectivity index (χ3v) is 7.57. The van der Waals surface area contributed by atoms with Crippen LogP contribution < -0.4 is 19.7 Å². The van der Waals surface area contributed by atoms with E-state index in [0.29, 0.717) is 29.1 Å². The van der Waals surface area contributed by atoms with Crippen molar-refractivity contribution in [2.75, 3.05) is 32.3 Å². The summed E-state index contributed by atoms with van der Waals surface area (Å²) in [4.78, 5) is 6.81. The summed E-state index contributed by atoms with van der Waals surface area (Å²) < 4.78 is 18.5. The van der Waals surface area contributed by atoms with Crippen LogP contribution in [0, 0.1) is 13.8 Å². The highest BCUT2D eigenvalue weighted by molar-refractivity contribution is 7.80. The molecule has 0 amide bonds. The highest BCUT2D eigenvalue weighted by Crippen LogP contribution is 2.45. The SMILES string of the molecule is COCCOc1ccc(N2C(=S)NC(c3ccccn3)C2c2cc(C)n(-c3ccc(OC)cc3)c2C)cc1Cl. The Morgan fingerprint density at radius 3 is 2.41 bits per heavy atom. The molecule has 0 aliphatic carbocycles. The molecule has 0 saturated carbocycles. The zero-order valence-electron chi connectivity index (χ0n) is 22.3. The maximum absolute atomic E-state index is 6.66. The average Bonchev–Trinajstić information content (AvgIpc) is 3.45. The number of aryl methyl sites for hydroxylation is 1. The minimum absolute atomic E-state index is 0.165. The summed E-state index contributed by atoms with van der Waals surface area (Å²) in [5.74, 6) is 1.42. The van der Waals surface area contributed by atoms with E-state index in [-0.39, 0.29) is 12.1 Å². The largest absolute Gasteiger partial charge is 0.497 e. The average molecular weight is 563 g/mol. The Morgan fingerprint density at radius 1 is 0.974 bits per heavy atom. The molecule has 0 spiro atoms. The molecule has 3 heterocycles. The number of methoxy groups -OCH3 is 2. The third-order valence-electron chi connectivity index (χ3n) is 6.96. The molecule has 9 heteroatoms. The van der Waals surface area contributed by atoms with Crippen molar-refractivity contribution in [3.63, 3.8) is 0 Å². The van der Waals surface area contributed by atoms with Crippen molar-refractivity contribution in [2.45, 2.75) is 25.9 Å². The number of hydrogen-bond donors (Lipinski definition) is 1. The molecule has 39 heavy (non-hydrogen) atoms. The lowest BCUT2D eigenvalue weighted by Gasteiger charge is -2.28. The fraction of sp³-hybridized carbons (Fsp3) is 0.267. The normalized spacial score (nSPS) is 16.8. The molecule has 7 nitrogen and oxygen atoms in total. The first-order chi connectivity index (χ1) is 18.9. The topological polar surface area (TPSA) is 60.8 Å². The Balaban J connectivity index is 1.59. The van der Waals surface area contributed by atoms with Crippen molar-refractivity contribution in [1.82, 2.24) is 14.9 Å². The van der Waals surface area contributed by atoms with Crippen molar-refractivity contribution in [1.29, 1.82) is 0 Å². The van der Waals surface area contributed by atoms with E-state index in [1.54, 1.807) is 14.2 Å². The number of nitrogens with one attached hydrogen (secondary N) is 1. The highest BCUT2D eigenvalue weighted by atomic mass is 35.5. The number of ether oxygens (including phenoxy) is 3. The minimum Gasteiger partial charge on any atom is -0.497 e. The molecule has 1 N–H and O–H groups in total. The van der Waals surface area contributed by atoms with Crippen molar-refractivity contribution < 1.29 is 14.2 Å². The van der Waals surface area contributed by atoms with Crippen LogP contribution in [0.15, 0.2) is 72.9 Å². The second-order valence-electron chi connectivity index (χ2n) is 9.31. The maximum Gasteiger partial charge on any atom is 0.174 e. The number of pyridine rings is 1. The molecule has 2 unspecified atom stereocenters. The first-order valence-electron chi connectivity index (χ1n) is 12.7. The third kappa shape index (κ3) is 5.32. The van der Waals surface area contributed by atoms with Crippen LogP contribution >= 0.6 is 23.8 Å². The minimum atomic E-state index is -0.167. The monoisotopic (exact) mass is 562 g/mol. The Hall–Kier alpha value is -3.59. The summed E-state index contributed by atoms with van der Waals surface area (Å²) in [5, 5.41) is 4.65. The van der Waals surface area contributed by atoms with E-state index >= 15 is 0 Å². The van der Waals surface area contributed by atoms with Crippen LogP contribution in [0.5, 0.6) is 11.5 Å². The van der Waals surface area contributed by atoms with Gasteiger partial charge in [0, 0.05) is 36.1 Å². The van der Waals surface area contributed by atoms with Gasteiger partial charge in [-0.05, 0) is 92.3 Å². The number of anilines is 1. The van der Waals surface area contributed by atoms with Crippen molar-refractivity contribution in [2.24, 2.45) is 0 Å². The van der Waals surface area contributed by atoms with Gasteiger partial charge in [0.05, 0.1) is 36.5 Å². The van der Waals surface area contributed by atoms with Crippen molar-refractivity contribution in [3.05, 3.63) is 101 Å². The van der Waals surface area contributed by atoms with Gasteiger partial charge in [0.25, 0.3) is 0 Å². The quantitative estimate of drug-likeness (QED) is 0.188. The Bertz CT molecular complexity index is 1460. The lowest BCUT2D eigenvalue weighted by molar-refractivity contribution is 0.146. The van der Waals surface area contributed by atoms with Gasteiger partial charge >= 0.3 is 0 Å². The fourth-order valence-electron chi connectivity index (χ4n) is 5.16. The molecule has 1 aliphatic rings. The van der Waals surface area contributed by atoms with Gasteiger partial charge in [-0.25, -0.2) is 0 Å². The number of rotatable bonds is 9. The number of thiocarbonyl (C=S) groups is 1. The van der Waals surface area contributed by atoms with E-state index < -0.39 is 0 Å². The van der Waals surface area contributed by atoms with Crippen LogP contribution in [0.2, 0.25) is 5.02 Å². The summed E-state index contributed by atoms with van der Waals surface area (Å²) in [6, 6.07) is 21.7. The lowest BCUT2D eigenvalue weighted by atomic mass is 9.96. The van der Waals surface area contributed by atoms with Gasteiger partial charge in [0.2, 0.25) is 0 Å². The van der Waals surface area contributed by atoms with Gasteiger partial charge in [0.15, 0.2) is 5.11 Å². The predicted octanol–water partition coefficient (Wildman–Crippen LogP) is 6.35. The van der Waals surface area contributed by atoms with Crippen LogP contribution in [0.1, 0.15) is 34.7 Å². The summed E-state index contributed by atoms with van der Waals surface area (Å²) in [5.41, 5.74) is 6.22. The number of hydrogen-bond acceptors (Lipinski definition) is 5. The van der Waals surface area contributed by atoms with Crippen molar-refractivity contribution in [3.8, 4) is 17.2 Å². The van der Waals surface area contributed by atoms with Crippen LogP contribution in [0.3, 0.4) is 0 Å². The zero-order valence-corrected chi connectivity index (χ0v) is 23.9. The fourth-order valence-corrected chi connectivity index (χ4v) is 5.73. The number of halogens is 1. The van der Waals surface area contributed by atoms with Gasteiger partial charge < -0.3 is 29.0 Å². The van der Waals surface area contributed by atoms with Gasteiger partial charge in [-0.3, -0.25) is 4.98 Å². The van der Waals surface area contributed by atoms with E-state index in [9.17, 15) is 0 Å². The second kappa shape index (κ2) is 11.7. The number of nitrogens with zero attached hydrogens (tertiary/aromatic N) is 3. The Morgan fingerprint density at radius 2 is 1.74 bits per heavy atom. The molecule has 1 saturated heterocycles. The van der Waals surface area contributed by atoms with E-state index in [2.05, 4.69) is 51.8 Å². The summed E-state index contributed by atoms with van der Waals surface area (Å²) in [7, 11) is 3.31. The lowest BCUT2D eigenvalue weighted by Crippen LogP contribution is -2.29. The van der Waals surface area contributed by atoms with E-state index in [4.69, 9.17) is 38.0 Å². The van der Waals surface area contributed by atoms with Crippen LogP contribution in [-0.4, -0.2) is 42.1 Å². The van der Waals surface area contributed by atoms with Gasteiger partial charge in [-0.15, -0.1) is 0 Å². The molecule has 1 fully saturated rings. The summed E-state index contributed by atoms with van der Waals surface area (Å²) in [6.07, 6.45) is 1.81. The molecule has 0 radical (unpaired) electrons. The Labute approximate surface area is 239 Å². The predicted molar refractivity (Wildman–Crippen MR) is 159 cm³/mol. The molecule has 0 bridgehead atoms. The summed E-state index contributed by atoms with van der Waals surface area (Å²) in [6.45, 7) is 5.16. The first kappa shape index (κ1) is 27.0. The second-order valence-corrected chi connectivity index (χ2v) is 10.1. The van der Waals surface area contributed by atoms with Crippen LogP contribution in [0.25, 0.3) is 5.69 Å². The molecule has 1 aliphatic heterocycles. The standard InChI is InChI=1S/C30H31ClN4O3S/c1-19-17-24(20(2)34(19)21-8-11-23(37-4)12-9-21)29-28(26-7-5-6-14-32-26)33-30(39)35(29)22-10-13-27(25(31)18-22)38-16-15-36-3/h5-14,17-18,28-29H,15-16H2,1-4H3,(H,33,39). The molecule has 5 rings (SSSR count). The first-order valence-corrected chi connectivity index (χ1v) is 13.5. The summed E-state index contributed by atoms with van der Waals surface area (Å²) >= 11 is 12.6. The molecule has 2 aromatic carbocycles. The molecular formula is C30H31ClN4O3S. The van der Waals surface area contributed by atoms with E-state index in [1.165, 1.54) is 0 Å². The molecule has 4 aromatic rings. The van der Waals surface area contributed by atoms with Gasteiger partial charge in [-0.1, -0.05) is 17.7 Å². The zero-order chi connectivity index (χ0) is 27.5. The molecular weight excluding hydrogens is 532 g/mol. The number of aromatic nitrogens is 2. The van der Waals surface area contributed by atoms with Crippen LogP contribution in [-0.2, 0) is 4.74 Å². The van der Waals surface area contributed by atoms with Gasteiger partial charge in [0.1, 0.15) is 18.1 Å². The highest BCUT2D eigenvalue weighted by Gasteiger charge is 2.42. The Kier molecular flexibility index (Phi) is 8.07. The van der Waals surface area contributed by atoms with Crippen LogP contribution in [0.4, 0.5) is 5.69 Å². The smallest absolute Gasteiger partial charge is 0.174 e. The van der Waals surface area contributed by atoms with E-state index in [0.717, 1.165) is 39.8 Å².